The van der Waals surface area contributed by atoms with Gasteiger partial charge in [-0.2, -0.15) is 0 Å². The minimum Gasteiger partial charge on any atom is -0.480 e. The van der Waals surface area contributed by atoms with Crippen LogP contribution in [0.4, 0.5) is 0 Å². The molecule has 0 aliphatic carbocycles. The molecule has 0 saturated carbocycles. The van der Waals surface area contributed by atoms with E-state index in [4.69, 9.17) is 11.6 Å². The highest BCUT2D eigenvalue weighted by molar-refractivity contribution is 8.01. The van der Waals surface area contributed by atoms with E-state index < -0.39 is 10.7 Å². The van der Waals surface area contributed by atoms with E-state index in [1.54, 1.807) is 12.1 Å². The fourth-order valence-electron chi connectivity index (χ4n) is 1.93. The Morgan fingerprint density at radius 1 is 1.47 bits per heavy atom. The summed E-state index contributed by atoms with van der Waals surface area (Å²) in [5.74, 6) is -0.805. The van der Waals surface area contributed by atoms with Crippen molar-refractivity contribution in [1.29, 1.82) is 0 Å². The quantitative estimate of drug-likeness (QED) is 0.820. The summed E-state index contributed by atoms with van der Waals surface area (Å²) >= 11 is 7.18. The Labute approximate surface area is 120 Å². The van der Waals surface area contributed by atoms with Crippen LogP contribution in [-0.2, 0) is 4.79 Å². The second-order valence-corrected chi connectivity index (χ2v) is 6.12. The fraction of sp³-hybridized carbons (Fsp3) is 0.385. The van der Waals surface area contributed by atoms with E-state index in [1.807, 2.05) is 19.9 Å². The first kappa shape index (κ1) is 14.2. The van der Waals surface area contributed by atoms with Gasteiger partial charge in [0, 0.05) is 5.02 Å². The second-order valence-electron chi connectivity index (χ2n) is 4.31. The number of carboxylic acids is 1. The predicted molar refractivity (Wildman–Crippen MR) is 77.9 cm³/mol. The van der Waals surface area contributed by atoms with Crippen LogP contribution in [-0.4, -0.2) is 25.8 Å². The standard InChI is InChI=1S/C13H15ClN2O2S/c1-3-13(4-2,11(17)18)19-12-15-9-6-5-8(14)7-10(9)16-12/h5-7H,3-4H2,1-2H3,(H,15,16)(H,17,18). The number of imidazole rings is 1. The summed E-state index contributed by atoms with van der Waals surface area (Å²) in [4.78, 5) is 19.0. The zero-order valence-corrected chi connectivity index (χ0v) is 12.3. The van der Waals surface area contributed by atoms with Gasteiger partial charge in [0.15, 0.2) is 5.16 Å². The Morgan fingerprint density at radius 2 is 2.16 bits per heavy atom. The molecule has 2 rings (SSSR count). The Morgan fingerprint density at radius 3 is 2.74 bits per heavy atom. The molecule has 0 radical (unpaired) electrons. The van der Waals surface area contributed by atoms with Gasteiger partial charge in [0.25, 0.3) is 0 Å². The van der Waals surface area contributed by atoms with Crippen LogP contribution in [0.2, 0.25) is 5.02 Å². The van der Waals surface area contributed by atoms with Crippen LogP contribution in [0, 0.1) is 0 Å². The van der Waals surface area contributed by atoms with Crippen LogP contribution >= 0.6 is 23.4 Å². The molecule has 1 aromatic carbocycles. The lowest BCUT2D eigenvalue weighted by molar-refractivity contribution is -0.140. The van der Waals surface area contributed by atoms with Crippen molar-refractivity contribution in [3.05, 3.63) is 23.2 Å². The number of halogens is 1. The average Bonchev–Trinajstić information content (AvgIpc) is 2.77. The third-order valence-electron chi connectivity index (χ3n) is 3.25. The van der Waals surface area contributed by atoms with Crippen molar-refractivity contribution in [2.24, 2.45) is 0 Å². The van der Waals surface area contributed by atoms with Gasteiger partial charge < -0.3 is 10.1 Å². The maximum Gasteiger partial charge on any atom is 0.320 e. The summed E-state index contributed by atoms with van der Waals surface area (Å²) in [6.45, 7) is 3.76. The van der Waals surface area contributed by atoms with E-state index >= 15 is 0 Å². The van der Waals surface area contributed by atoms with Crippen LogP contribution in [0.25, 0.3) is 11.0 Å². The number of thioether (sulfide) groups is 1. The molecule has 1 aromatic heterocycles. The molecule has 0 unspecified atom stereocenters. The van der Waals surface area contributed by atoms with Crippen molar-refractivity contribution in [3.8, 4) is 0 Å². The van der Waals surface area contributed by atoms with Gasteiger partial charge in [-0.05, 0) is 31.0 Å². The molecule has 0 saturated heterocycles. The van der Waals surface area contributed by atoms with Crippen molar-refractivity contribution < 1.29 is 9.90 Å². The molecule has 0 atom stereocenters. The largest absolute Gasteiger partial charge is 0.480 e. The zero-order valence-electron chi connectivity index (χ0n) is 10.7. The maximum absolute atomic E-state index is 11.5. The van der Waals surface area contributed by atoms with Gasteiger partial charge in [0.1, 0.15) is 4.75 Å². The lowest BCUT2D eigenvalue weighted by Crippen LogP contribution is -2.33. The monoisotopic (exact) mass is 298 g/mol. The van der Waals surface area contributed by atoms with Crippen molar-refractivity contribution >= 4 is 40.4 Å². The minimum absolute atomic E-state index is 0.543. The molecule has 0 amide bonds. The lowest BCUT2D eigenvalue weighted by Gasteiger charge is -2.24. The zero-order chi connectivity index (χ0) is 14.0. The number of carbonyl (C=O) groups is 1. The topological polar surface area (TPSA) is 66.0 Å². The molecule has 102 valence electrons. The van der Waals surface area contributed by atoms with Crippen LogP contribution in [0.5, 0.6) is 0 Å². The molecular weight excluding hydrogens is 284 g/mol. The molecule has 0 aliphatic rings. The molecule has 2 N–H and O–H groups in total. The molecule has 1 heterocycles. The number of fused-ring (bicyclic) bond motifs is 1. The van der Waals surface area contributed by atoms with Gasteiger partial charge in [-0.25, -0.2) is 4.98 Å². The number of hydrogen-bond acceptors (Lipinski definition) is 3. The SMILES string of the molecule is CCC(CC)(Sc1nc2ccc(Cl)cc2[nH]1)C(=O)O. The Hall–Kier alpha value is -1.20. The molecule has 2 aromatic rings. The number of H-pyrrole nitrogens is 1. The van der Waals surface area contributed by atoms with E-state index in [2.05, 4.69) is 9.97 Å². The van der Waals surface area contributed by atoms with Crippen LogP contribution in [0.1, 0.15) is 26.7 Å². The number of aromatic amines is 1. The Balaban J connectivity index is 2.36. The van der Waals surface area contributed by atoms with Crippen molar-refractivity contribution in [3.63, 3.8) is 0 Å². The number of nitrogens with zero attached hydrogens (tertiary/aromatic N) is 1. The van der Waals surface area contributed by atoms with Crippen molar-refractivity contribution in [1.82, 2.24) is 9.97 Å². The first-order valence-corrected chi connectivity index (χ1v) is 7.28. The predicted octanol–water partition coefficient (Wildman–Crippen LogP) is 3.95. The molecule has 6 heteroatoms. The first-order valence-electron chi connectivity index (χ1n) is 6.08. The molecule has 0 aliphatic heterocycles. The van der Waals surface area contributed by atoms with Gasteiger partial charge in [0.2, 0.25) is 0 Å². The van der Waals surface area contributed by atoms with Crippen LogP contribution < -0.4 is 0 Å². The summed E-state index contributed by atoms with van der Waals surface area (Å²) in [6.07, 6.45) is 1.09. The van der Waals surface area contributed by atoms with Gasteiger partial charge in [0.05, 0.1) is 11.0 Å². The molecular formula is C13H15ClN2O2S. The summed E-state index contributed by atoms with van der Waals surface area (Å²) in [5.41, 5.74) is 1.61. The number of benzene rings is 1. The Bertz CT molecular complexity index is 608. The lowest BCUT2D eigenvalue weighted by atomic mass is 10.0. The van der Waals surface area contributed by atoms with Crippen LogP contribution in [0.15, 0.2) is 23.4 Å². The van der Waals surface area contributed by atoms with E-state index in [0.29, 0.717) is 23.0 Å². The van der Waals surface area contributed by atoms with Gasteiger partial charge in [-0.15, -0.1) is 0 Å². The summed E-state index contributed by atoms with van der Waals surface area (Å²) in [6, 6.07) is 5.37. The summed E-state index contributed by atoms with van der Waals surface area (Å²) < 4.78 is -0.836. The molecule has 0 fully saturated rings. The number of carboxylic acid groups (broad SMARTS) is 1. The molecule has 4 nitrogen and oxygen atoms in total. The second kappa shape index (κ2) is 5.43. The van der Waals surface area contributed by atoms with Gasteiger partial charge >= 0.3 is 5.97 Å². The number of hydrogen-bond donors (Lipinski definition) is 2. The van der Waals surface area contributed by atoms with E-state index in [1.165, 1.54) is 11.8 Å². The molecule has 0 spiro atoms. The van der Waals surface area contributed by atoms with Gasteiger partial charge in [-0.3, -0.25) is 4.79 Å². The average molecular weight is 299 g/mol. The van der Waals surface area contributed by atoms with Crippen LogP contribution in [0.3, 0.4) is 0 Å². The number of rotatable bonds is 5. The van der Waals surface area contributed by atoms with E-state index in [0.717, 1.165) is 11.0 Å². The van der Waals surface area contributed by atoms with E-state index in [9.17, 15) is 9.90 Å². The third-order valence-corrected chi connectivity index (χ3v) is 5.01. The van der Waals surface area contributed by atoms with E-state index in [-0.39, 0.29) is 0 Å². The number of aliphatic carboxylic acids is 1. The normalized spacial score (nSPS) is 11.9. The maximum atomic E-state index is 11.5. The first-order chi connectivity index (χ1) is 9.00. The number of aromatic nitrogens is 2. The van der Waals surface area contributed by atoms with Gasteiger partial charge in [-0.1, -0.05) is 37.2 Å². The molecule has 19 heavy (non-hydrogen) atoms. The highest BCUT2D eigenvalue weighted by Crippen LogP contribution is 2.38. The smallest absolute Gasteiger partial charge is 0.320 e. The highest BCUT2D eigenvalue weighted by atomic mass is 35.5. The number of nitrogens with one attached hydrogen (secondary N) is 1. The third kappa shape index (κ3) is 2.72. The Kier molecular flexibility index (Phi) is 4.06. The van der Waals surface area contributed by atoms with Crippen molar-refractivity contribution in [2.45, 2.75) is 36.6 Å². The fourth-order valence-corrected chi connectivity index (χ4v) is 3.16. The summed E-state index contributed by atoms with van der Waals surface area (Å²) in [7, 11) is 0. The molecule has 0 bridgehead atoms. The summed E-state index contributed by atoms with van der Waals surface area (Å²) in [5, 5.41) is 10.7. The van der Waals surface area contributed by atoms with Crippen molar-refractivity contribution in [2.75, 3.05) is 0 Å². The highest BCUT2D eigenvalue weighted by Gasteiger charge is 2.37. The minimum atomic E-state index is -0.836.